The van der Waals surface area contributed by atoms with Crippen molar-refractivity contribution in [2.45, 2.75) is 38.5 Å². The lowest BCUT2D eigenvalue weighted by Gasteiger charge is -2.38. The van der Waals surface area contributed by atoms with Crippen LogP contribution in [0.15, 0.2) is 42.5 Å². The van der Waals surface area contributed by atoms with Crippen LogP contribution < -0.4 is 0 Å². The van der Waals surface area contributed by atoms with Gasteiger partial charge >= 0.3 is 0 Å². The number of aliphatic hydroxyl groups excluding tert-OH is 1. The fourth-order valence-corrected chi connectivity index (χ4v) is 3.29. The van der Waals surface area contributed by atoms with Crippen molar-refractivity contribution < 1.29 is 14.6 Å². The largest absolute Gasteiger partial charge is 0.508 e. The number of halogens is 1. The number of fused-ring (bicyclic) bond motifs is 1. The third-order valence-corrected chi connectivity index (χ3v) is 4.65. The van der Waals surface area contributed by atoms with E-state index in [2.05, 4.69) is 4.90 Å². The Morgan fingerprint density at radius 1 is 1.22 bits per heavy atom. The van der Waals surface area contributed by atoms with Gasteiger partial charge in [-0.15, -0.1) is 0 Å². The molecule has 0 bridgehead atoms. The molecule has 1 aliphatic heterocycles. The molecule has 2 unspecified atom stereocenters. The molecule has 0 saturated carbocycles. The summed E-state index contributed by atoms with van der Waals surface area (Å²) in [6.07, 6.45) is 1.13. The van der Waals surface area contributed by atoms with Gasteiger partial charge in [-0.3, -0.25) is 4.90 Å². The molecular weight excluding hydrogens is 293 g/mol. The molecule has 0 aliphatic carbocycles. The molecule has 0 fully saturated rings. The minimum absolute atomic E-state index is 0.00295. The predicted molar refractivity (Wildman–Crippen MR) is 87.7 cm³/mol. The molecule has 0 saturated heterocycles. The summed E-state index contributed by atoms with van der Waals surface area (Å²) in [7, 11) is 0. The summed E-state index contributed by atoms with van der Waals surface area (Å²) in [4.78, 5) is 2.24. The van der Waals surface area contributed by atoms with Crippen LogP contribution in [0.1, 0.15) is 36.1 Å². The second-order valence-electron chi connectivity index (χ2n) is 6.27. The average molecular weight is 315 g/mol. The van der Waals surface area contributed by atoms with Crippen LogP contribution in [0.2, 0.25) is 0 Å². The van der Waals surface area contributed by atoms with Crippen molar-refractivity contribution in [3.05, 3.63) is 65.0 Å². The maximum Gasteiger partial charge on any atom is 0.123 e. The van der Waals surface area contributed by atoms with Crippen molar-refractivity contribution >= 4 is 0 Å². The SMILES string of the molecule is CC1C(O)c2cc(O)ccc2CN1CCCc1cccc(F)c1. The molecule has 1 heterocycles. The topological polar surface area (TPSA) is 43.7 Å². The quantitative estimate of drug-likeness (QED) is 0.909. The van der Waals surface area contributed by atoms with Crippen LogP contribution in [-0.4, -0.2) is 27.7 Å². The molecule has 2 atom stereocenters. The second-order valence-corrected chi connectivity index (χ2v) is 6.27. The second kappa shape index (κ2) is 6.69. The molecule has 4 heteroatoms. The zero-order chi connectivity index (χ0) is 16.4. The highest BCUT2D eigenvalue weighted by Crippen LogP contribution is 2.33. The Labute approximate surface area is 136 Å². The monoisotopic (exact) mass is 315 g/mol. The lowest BCUT2D eigenvalue weighted by atomic mass is 9.91. The van der Waals surface area contributed by atoms with Crippen molar-refractivity contribution in [1.82, 2.24) is 4.90 Å². The van der Waals surface area contributed by atoms with E-state index < -0.39 is 6.10 Å². The summed E-state index contributed by atoms with van der Waals surface area (Å²) in [5.74, 6) is -0.00690. The Morgan fingerprint density at radius 3 is 2.83 bits per heavy atom. The molecular formula is C19H22FNO2. The fraction of sp³-hybridized carbons (Fsp3) is 0.368. The van der Waals surface area contributed by atoms with Crippen LogP contribution in [0.5, 0.6) is 5.75 Å². The van der Waals surface area contributed by atoms with Gasteiger partial charge in [0.05, 0.1) is 6.10 Å². The number of phenolic OH excluding ortho intramolecular Hbond substituents is 1. The summed E-state index contributed by atoms with van der Waals surface area (Å²) in [6.45, 7) is 3.60. The number of aliphatic hydroxyl groups is 1. The summed E-state index contributed by atoms with van der Waals surface area (Å²) in [5.41, 5.74) is 2.87. The summed E-state index contributed by atoms with van der Waals surface area (Å²) in [6, 6.07) is 11.9. The number of aromatic hydroxyl groups is 1. The molecule has 122 valence electrons. The van der Waals surface area contributed by atoms with Crippen molar-refractivity contribution in [2.75, 3.05) is 6.54 Å². The smallest absolute Gasteiger partial charge is 0.123 e. The van der Waals surface area contributed by atoms with E-state index in [1.807, 2.05) is 19.1 Å². The molecule has 3 nitrogen and oxygen atoms in total. The summed E-state index contributed by atoms with van der Waals surface area (Å²) in [5, 5.41) is 20.1. The third kappa shape index (κ3) is 3.54. The highest BCUT2D eigenvalue weighted by Gasteiger charge is 2.30. The van der Waals surface area contributed by atoms with Gasteiger partial charge in [-0.25, -0.2) is 4.39 Å². The first-order valence-corrected chi connectivity index (χ1v) is 8.03. The number of phenols is 1. The van der Waals surface area contributed by atoms with Gasteiger partial charge in [-0.2, -0.15) is 0 Å². The molecule has 0 spiro atoms. The van der Waals surface area contributed by atoms with E-state index in [4.69, 9.17) is 0 Å². The van der Waals surface area contributed by atoms with Gasteiger partial charge in [-0.05, 0) is 67.3 Å². The first-order valence-electron chi connectivity index (χ1n) is 8.03. The lowest BCUT2D eigenvalue weighted by Crippen LogP contribution is -2.42. The highest BCUT2D eigenvalue weighted by atomic mass is 19.1. The van der Waals surface area contributed by atoms with Crippen molar-refractivity contribution in [1.29, 1.82) is 0 Å². The number of benzene rings is 2. The molecule has 3 rings (SSSR count). The lowest BCUT2D eigenvalue weighted by molar-refractivity contribution is 0.0368. The van der Waals surface area contributed by atoms with Crippen LogP contribution in [0.3, 0.4) is 0 Å². The van der Waals surface area contributed by atoms with Gasteiger partial charge in [0.15, 0.2) is 0 Å². The van der Waals surface area contributed by atoms with Gasteiger partial charge in [0, 0.05) is 12.6 Å². The van der Waals surface area contributed by atoms with Crippen molar-refractivity contribution in [3.8, 4) is 5.75 Å². The normalized spacial score (nSPS) is 21.2. The zero-order valence-electron chi connectivity index (χ0n) is 13.2. The van der Waals surface area contributed by atoms with E-state index in [-0.39, 0.29) is 17.6 Å². The Morgan fingerprint density at radius 2 is 2.04 bits per heavy atom. The Balaban J connectivity index is 1.64. The summed E-state index contributed by atoms with van der Waals surface area (Å²) >= 11 is 0. The number of hydrogen-bond donors (Lipinski definition) is 2. The maximum atomic E-state index is 13.2. The van der Waals surface area contributed by atoms with Gasteiger partial charge in [0.25, 0.3) is 0 Å². The first-order chi connectivity index (χ1) is 11.0. The molecule has 0 aromatic heterocycles. The Kier molecular flexibility index (Phi) is 4.64. The van der Waals surface area contributed by atoms with Crippen LogP contribution in [0.4, 0.5) is 4.39 Å². The van der Waals surface area contributed by atoms with Crippen LogP contribution in [-0.2, 0) is 13.0 Å². The molecule has 2 aromatic carbocycles. The first kappa shape index (κ1) is 16.0. The van der Waals surface area contributed by atoms with E-state index in [1.54, 1.807) is 24.3 Å². The van der Waals surface area contributed by atoms with Crippen molar-refractivity contribution in [2.24, 2.45) is 0 Å². The minimum Gasteiger partial charge on any atom is -0.508 e. The van der Waals surface area contributed by atoms with Gasteiger partial charge < -0.3 is 10.2 Å². The number of rotatable bonds is 4. The molecule has 2 aromatic rings. The third-order valence-electron chi connectivity index (χ3n) is 4.65. The van der Waals surface area contributed by atoms with Gasteiger partial charge in [-0.1, -0.05) is 18.2 Å². The standard InChI is InChI=1S/C19H22FNO2/c1-13-19(23)18-11-17(22)8-7-15(18)12-21(13)9-3-5-14-4-2-6-16(20)10-14/h2,4,6-8,10-11,13,19,22-23H,3,5,9,12H2,1H3. The van der Waals surface area contributed by atoms with Crippen LogP contribution in [0, 0.1) is 5.82 Å². The Hall–Kier alpha value is -1.91. The van der Waals surface area contributed by atoms with E-state index in [0.29, 0.717) is 0 Å². The maximum absolute atomic E-state index is 13.2. The van der Waals surface area contributed by atoms with E-state index in [9.17, 15) is 14.6 Å². The molecule has 1 aliphatic rings. The predicted octanol–water partition coefficient (Wildman–Crippen LogP) is 3.40. The van der Waals surface area contributed by atoms with E-state index in [1.165, 1.54) is 6.07 Å². The van der Waals surface area contributed by atoms with Crippen LogP contribution >= 0.6 is 0 Å². The number of nitrogens with zero attached hydrogens (tertiary/aromatic N) is 1. The Bertz CT molecular complexity index is 689. The molecule has 0 amide bonds. The van der Waals surface area contributed by atoms with Crippen molar-refractivity contribution in [3.63, 3.8) is 0 Å². The fourth-order valence-electron chi connectivity index (χ4n) is 3.29. The number of aryl methyl sites for hydroxylation is 1. The minimum atomic E-state index is -0.597. The van der Waals surface area contributed by atoms with E-state index in [0.717, 1.165) is 42.6 Å². The molecule has 2 N–H and O–H groups in total. The average Bonchev–Trinajstić information content (AvgIpc) is 2.53. The van der Waals surface area contributed by atoms with Gasteiger partial charge in [0.2, 0.25) is 0 Å². The zero-order valence-corrected chi connectivity index (χ0v) is 13.2. The highest BCUT2D eigenvalue weighted by molar-refractivity contribution is 5.38. The van der Waals surface area contributed by atoms with E-state index >= 15 is 0 Å². The van der Waals surface area contributed by atoms with Gasteiger partial charge in [0.1, 0.15) is 11.6 Å². The summed E-state index contributed by atoms with van der Waals surface area (Å²) < 4.78 is 13.2. The number of hydrogen-bond acceptors (Lipinski definition) is 3. The van der Waals surface area contributed by atoms with Crippen LogP contribution in [0.25, 0.3) is 0 Å². The molecule has 0 radical (unpaired) electrons. The molecule has 23 heavy (non-hydrogen) atoms.